The van der Waals surface area contributed by atoms with Gasteiger partial charge >= 0.3 is 0 Å². The fourth-order valence-corrected chi connectivity index (χ4v) is 2.51. The van der Waals surface area contributed by atoms with Gasteiger partial charge in [0.2, 0.25) is 0 Å². The maximum absolute atomic E-state index is 12.4. The Morgan fingerprint density at radius 3 is 3.00 bits per heavy atom. The van der Waals surface area contributed by atoms with Crippen LogP contribution in [0, 0.1) is 3.70 Å². The van der Waals surface area contributed by atoms with Gasteiger partial charge in [0, 0.05) is 6.07 Å². The summed E-state index contributed by atoms with van der Waals surface area (Å²) in [5.74, 6) is 0.685. The van der Waals surface area contributed by atoms with E-state index in [0.717, 1.165) is 0 Å². The van der Waals surface area contributed by atoms with E-state index in [1.165, 1.54) is 0 Å². The zero-order valence-electron chi connectivity index (χ0n) is 7.21. The molecule has 82 valence electrons. The Labute approximate surface area is 106 Å². The van der Waals surface area contributed by atoms with Crippen LogP contribution in [0.15, 0.2) is 10.7 Å². The molecule has 0 N–H and O–H groups in total. The molecule has 0 aliphatic carbocycles. The average molecular weight is 392 g/mol. The quantitative estimate of drug-likeness (QED) is 0.545. The summed E-state index contributed by atoms with van der Waals surface area (Å²) in [5.41, 5.74) is 0. The molecular formula is C8H5BrF2INO2. The summed E-state index contributed by atoms with van der Waals surface area (Å²) in [4.78, 5) is 4.07. The van der Waals surface area contributed by atoms with Gasteiger partial charge in [-0.2, -0.15) is 0 Å². The van der Waals surface area contributed by atoms with Gasteiger partial charge in [-0.05, 0) is 38.5 Å². The van der Waals surface area contributed by atoms with Crippen LogP contribution >= 0.6 is 38.5 Å². The van der Waals surface area contributed by atoms with Gasteiger partial charge in [0.15, 0.2) is 22.2 Å². The Bertz CT molecular complexity index is 391. The standard InChI is InChI=1S/C8H5BrF2INO2/c9-7-6-3(1-5(12)13-7)15-4(2-14-6)8(10)11/h1,4,8H,2H2. The molecule has 1 aromatic rings. The molecule has 2 heterocycles. The third kappa shape index (κ3) is 2.32. The predicted molar refractivity (Wildman–Crippen MR) is 60.6 cm³/mol. The number of halogens is 4. The van der Waals surface area contributed by atoms with Gasteiger partial charge in [-0.25, -0.2) is 13.8 Å². The maximum Gasteiger partial charge on any atom is 0.278 e. The van der Waals surface area contributed by atoms with Crippen molar-refractivity contribution in [2.24, 2.45) is 0 Å². The van der Waals surface area contributed by atoms with Crippen molar-refractivity contribution in [3.8, 4) is 11.5 Å². The molecule has 0 amide bonds. The molecule has 7 heteroatoms. The van der Waals surface area contributed by atoms with Crippen LogP contribution in [0.2, 0.25) is 0 Å². The van der Waals surface area contributed by atoms with E-state index >= 15 is 0 Å². The second kappa shape index (κ2) is 4.36. The number of ether oxygens (including phenoxy) is 2. The number of rotatable bonds is 1. The normalized spacial score (nSPS) is 19.4. The highest BCUT2D eigenvalue weighted by Crippen LogP contribution is 2.38. The lowest BCUT2D eigenvalue weighted by atomic mass is 10.3. The number of pyridine rings is 1. The molecule has 0 radical (unpaired) electrons. The van der Waals surface area contributed by atoms with E-state index in [4.69, 9.17) is 9.47 Å². The Balaban J connectivity index is 2.33. The van der Waals surface area contributed by atoms with Crippen molar-refractivity contribution in [1.82, 2.24) is 4.98 Å². The number of aromatic nitrogens is 1. The number of nitrogens with zero attached hydrogens (tertiary/aromatic N) is 1. The number of alkyl halides is 2. The second-order valence-corrected chi connectivity index (χ2v) is 4.72. The molecule has 0 spiro atoms. The summed E-state index contributed by atoms with van der Waals surface area (Å²) >= 11 is 5.15. The van der Waals surface area contributed by atoms with Crippen molar-refractivity contribution in [1.29, 1.82) is 0 Å². The first-order chi connectivity index (χ1) is 7.08. The zero-order valence-corrected chi connectivity index (χ0v) is 11.0. The van der Waals surface area contributed by atoms with Crippen LogP contribution in [0.1, 0.15) is 0 Å². The van der Waals surface area contributed by atoms with Crippen LogP contribution in [0.25, 0.3) is 0 Å². The average Bonchev–Trinajstić information content (AvgIpc) is 2.16. The zero-order chi connectivity index (χ0) is 11.0. The fourth-order valence-electron chi connectivity index (χ4n) is 1.16. The summed E-state index contributed by atoms with van der Waals surface area (Å²) in [7, 11) is 0. The van der Waals surface area contributed by atoms with E-state index in [1.807, 2.05) is 22.6 Å². The minimum Gasteiger partial charge on any atom is -0.483 e. The highest BCUT2D eigenvalue weighted by atomic mass is 127. The van der Waals surface area contributed by atoms with Crippen LogP contribution < -0.4 is 9.47 Å². The van der Waals surface area contributed by atoms with Crippen LogP contribution in [-0.2, 0) is 0 Å². The van der Waals surface area contributed by atoms with Gasteiger partial charge < -0.3 is 9.47 Å². The number of hydrogen-bond donors (Lipinski definition) is 0. The van der Waals surface area contributed by atoms with Crippen LogP contribution in [0.3, 0.4) is 0 Å². The third-order valence-corrected chi connectivity index (χ3v) is 2.91. The molecule has 15 heavy (non-hydrogen) atoms. The number of fused-ring (bicyclic) bond motifs is 1. The van der Waals surface area contributed by atoms with Crippen LogP contribution in [0.5, 0.6) is 11.5 Å². The largest absolute Gasteiger partial charge is 0.483 e. The van der Waals surface area contributed by atoms with Gasteiger partial charge in [-0.15, -0.1) is 0 Å². The summed E-state index contributed by atoms with van der Waals surface area (Å²) in [6.45, 7) is -0.161. The molecule has 1 atom stereocenters. The van der Waals surface area contributed by atoms with E-state index in [2.05, 4.69) is 20.9 Å². The molecule has 3 nitrogen and oxygen atoms in total. The maximum atomic E-state index is 12.4. The SMILES string of the molecule is FC(F)C1COc2c(cc(I)nc2Br)O1. The Morgan fingerprint density at radius 2 is 2.33 bits per heavy atom. The van der Waals surface area contributed by atoms with Gasteiger partial charge in [-0.1, -0.05) is 0 Å². The smallest absolute Gasteiger partial charge is 0.278 e. The van der Waals surface area contributed by atoms with Gasteiger partial charge in [0.05, 0.1) is 0 Å². The topological polar surface area (TPSA) is 31.4 Å². The summed E-state index contributed by atoms with van der Waals surface area (Å²) in [6, 6.07) is 1.56. The lowest BCUT2D eigenvalue weighted by Gasteiger charge is -2.26. The molecule has 0 bridgehead atoms. The van der Waals surface area contributed by atoms with Gasteiger partial charge in [-0.3, -0.25) is 0 Å². The van der Waals surface area contributed by atoms with Crippen LogP contribution in [0.4, 0.5) is 8.78 Å². The van der Waals surface area contributed by atoms with E-state index < -0.39 is 12.5 Å². The van der Waals surface area contributed by atoms with Crippen LogP contribution in [-0.4, -0.2) is 24.1 Å². The molecule has 1 aromatic heterocycles. The first kappa shape index (κ1) is 11.3. The summed E-state index contributed by atoms with van der Waals surface area (Å²) in [6.07, 6.45) is -3.76. The highest BCUT2D eigenvalue weighted by molar-refractivity contribution is 14.1. The highest BCUT2D eigenvalue weighted by Gasteiger charge is 2.30. The molecule has 1 aliphatic heterocycles. The van der Waals surface area contributed by atoms with Crippen molar-refractivity contribution in [2.45, 2.75) is 12.5 Å². The Kier molecular flexibility index (Phi) is 3.29. The predicted octanol–water partition coefficient (Wildman–Crippen LogP) is 2.85. The summed E-state index contributed by atoms with van der Waals surface area (Å²) in [5, 5.41) is 0. The lowest BCUT2D eigenvalue weighted by molar-refractivity contribution is -0.0299. The Morgan fingerprint density at radius 1 is 1.60 bits per heavy atom. The van der Waals surface area contributed by atoms with Crippen molar-refractivity contribution in [2.75, 3.05) is 6.61 Å². The van der Waals surface area contributed by atoms with Gasteiger partial charge in [0.1, 0.15) is 10.3 Å². The second-order valence-electron chi connectivity index (χ2n) is 2.86. The minimum absolute atomic E-state index is 0.161. The van der Waals surface area contributed by atoms with E-state index in [0.29, 0.717) is 19.8 Å². The molecule has 0 aromatic carbocycles. The molecule has 0 saturated heterocycles. The molecular weight excluding hydrogens is 387 g/mol. The molecule has 1 aliphatic rings. The van der Waals surface area contributed by atoms with Gasteiger partial charge in [0.25, 0.3) is 6.43 Å². The fraction of sp³-hybridized carbons (Fsp3) is 0.375. The molecule has 2 rings (SSSR count). The van der Waals surface area contributed by atoms with E-state index in [9.17, 15) is 8.78 Å². The first-order valence-corrected chi connectivity index (χ1v) is 5.88. The molecule has 0 fully saturated rings. The summed E-state index contributed by atoms with van der Waals surface area (Å²) < 4.78 is 36.2. The number of hydrogen-bond acceptors (Lipinski definition) is 3. The first-order valence-electron chi connectivity index (χ1n) is 4.01. The molecule has 1 unspecified atom stereocenters. The minimum atomic E-state index is -2.55. The molecule has 0 saturated carbocycles. The van der Waals surface area contributed by atoms with E-state index in [-0.39, 0.29) is 6.61 Å². The Hall–Kier alpha value is -0.180. The third-order valence-electron chi connectivity index (χ3n) is 1.82. The van der Waals surface area contributed by atoms with Crippen molar-refractivity contribution < 1.29 is 18.3 Å². The van der Waals surface area contributed by atoms with Crippen molar-refractivity contribution in [3.05, 3.63) is 14.4 Å². The lowest BCUT2D eigenvalue weighted by Crippen LogP contribution is -2.35. The van der Waals surface area contributed by atoms with Crippen molar-refractivity contribution >= 4 is 38.5 Å². The van der Waals surface area contributed by atoms with Crippen molar-refractivity contribution in [3.63, 3.8) is 0 Å². The van der Waals surface area contributed by atoms with E-state index in [1.54, 1.807) is 6.07 Å². The monoisotopic (exact) mass is 391 g/mol.